The minimum atomic E-state index is -0.296. The molecular weight excluding hydrogens is 492 g/mol. The molecule has 8 heteroatoms. The van der Waals surface area contributed by atoms with Crippen LogP contribution in [0.5, 0.6) is 0 Å². The van der Waals surface area contributed by atoms with Crippen molar-refractivity contribution in [1.82, 2.24) is 20.0 Å². The van der Waals surface area contributed by atoms with Gasteiger partial charge in [0.2, 0.25) is 0 Å². The molecule has 1 aliphatic rings. The topological polar surface area (TPSA) is 67.2 Å². The fourth-order valence-electron chi connectivity index (χ4n) is 4.52. The normalized spacial score (nSPS) is 15.6. The number of para-hydroxylation sites is 2. The fraction of sp³-hybridized carbons (Fsp3) is 0.107. The van der Waals surface area contributed by atoms with E-state index in [1.54, 1.807) is 12.1 Å². The maximum Gasteiger partial charge on any atom is 0.258 e. The van der Waals surface area contributed by atoms with Gasteiger partial charge in [-0.3, -0.25) is 15.0 Å². The summed E-state index contributed by atoms with van der Waals surface area (Å²) in [5.41, 5.74) is 6.32. The second-order valence-electron chi connectivity index (χ2n) is 8.59. The number of amides is 2. The number of halogens is 1. The molecule has 0 spiro atoms. The Balaban J connectivity index is 1.29. The van der Waals surface area contributed by atoms with Crippen LogP contribution in [0.15, 0.2) is 91.0 Å². The smallest absolute Gasteiger partial charge is 0.258 e. The highest BCUT2D eigenvalue weighted by Crippen LogP contribution is 2.38. The first-order valence-corrected chi connectivity index (χ1v) is 12.9. The highest BCUT2D eigenvalue weighted by Gasteiger charge is 2.34. The van der Waals surface area contributed by atoms with Crippen LogP contribution in [-0.4, -0.2) is 32.1 Å². The van der Waals surface area contributed by atoms with Crippen molar-refractivity contribution in [3.63, 3.8) is 0 Å². The van der Waals surface area contributed by atoms with Crippen molar-refractivity contribution in [2.24, 2.45) is 0 Å². The second kappa shape index (κ2) is 9.33. The fourth-order valence-corrected chi connectivity index (χ4v) is 5.74. The molecule has 1 N–H and O–H groups in total. The predicted molar refractivity (Wildman–Crippen MR) is 144 cm³/mol. The van der Waals surface area contributed by atoms with Crippen LogP contribution in [0.1, 0.15) is 10.9 Å². The van der Waals surface area contributed by atoms with E-state index in [0.717, 1.165) is 32.9 Å². The minimum absolute atomic E-state index is 0.0113. The summed E-state index contributed by atoms with van der Waals surface area (Å²) < 4.78 is 1.87. The number of rotatable bonds is 5. The van der Waals surface area contributed by atoms with Crippen LogP contribution in [0, 0.1) is 0 Å². The van der Waals surface area contributed by atoms with Gasteiger partial charge in [0.15, 0.2) is 0 Å². The van der Waals surface area contributed by atoms with Crippen LogP contribution in [-0.2, 0) is 16.1 Å². The standard InChI is InChI=1S/C28H21ClN4O2S/c29-22-13-11-19(12-14-22)27-30-23-7-3-4-8-24(23)32(27)16-25(34)31-33-26(35)17-36-28(33)21-10-9-18-5-1-2-6-20(18)15-21/h1-15,28H,16-17H2,(H,31,34). The molecule has 1 saturated heterocycles. The van der Waals surface area contributed by atoms with E-state index in [0.29, 0.717) is 16.6 Å². The Morgan fingerprint density at radius 2 is 1.72 bits per heavy atom. The second-order valence-corrected chi connectivity index (χ2v) is 10.1. The lowest BCUT2D eigenvalue weighted by Crippen LogP contribution is -2.45. The van der Waals surface area contributed by atoms with Gasteiger partial charge in [-0.15, -0.1) is 11.8 Å². The lowest BCUT2D eigenvalue weighted by Gasteiger charge is -2.25. The molecule has 0 aliphatic carbocycles. The van der Waals surface area contributed by atoms with Crippen LogP contribution in [0.4, 0.5) is 0 Å². The Bertz CT molecular complexity index is 1620. The highest BCUT2D eigenvalue weighted by atomic mass is 35.5. The summed E-state index contributed by atoms with van der Waals surface area (Å²) >= 11 is 7.58. The molecule has 36 heavy (non-hydrogen) atoms. The highest BCUT2D eigenvalue weighted by molar-refractivity contribution is 8.00. The number of nitrogens with zero attached hydrogens (tertiary/aromatic N) is 3. The third-order valence-electron chi connectivity index (χ3n) is 6.23. The van der Waals surface area contributed by atoms with Crippen molar-refractivity contribution in [2.45, 2.75) is 11.9 Å². The van der Waals surface area contributed by atoms with E-state index in [1.807, 2.05) is 71.3 Å². The molecular formula is C28H21ClN4O2S. The first-order chi connectivity index (χ1) is 17.6. The number of hydrogen-bond donors (Lipinski definition) is 1. The monoisotopic (exact) mass is 512 g/mol. The Morgan fingerprint density at radius 1 is 0.972 bits per heavy atom. The number of carbonyl (C=O) groups is 2. The number of hydrazine groups is 1. The van der Waals surface area contributed by atoms with Gasteiger partial charge in [-0.1, -0.05) is 60.1 Å². The van der Waals surface area contributed by atoms with E-state index in [9.17, 15) is 9.59 Å². The van der Waals surface area contributed by atoms with Crippen molar-refractivity contribution in [3.8, 4) is 11.4 Å². The van der Waals surface area contributed by atoms with E-state index in [1.165, 1.54) is 16.8 Å². The van der Waals surface area contributed by atoms with Crippen LogP contribution in [0.25, 0.3) is 33.2 Å². The third-order valence-corrected chi connectivity index (χ3v) is 7.69. The summed E-state index contributed by atoms with van der Waals surface area (Å²) in [5.74, 6) is 0.549. The molecule has 6 nitrogen and oxygen atoms in total. The third kappa shape index (κ3) is 4.21. The zero-order valence-electron chi connectivity index (χ0n) is 19.1. The molecule has 6 rings (SSSR count). The van der Waals surface area contributed by atoms with Gasteiger partial charge in [0, 0.05) is 10.6 Å². The number of carbonyl (C=O) groups excluding carboxylic acids is 2. The van der Waals surface area contributed by atoms with E-state index >= 15 is 0 Å². The van der Waals surface area contributed by atoms with Gasteiger partial charge in [-0.2, -0.15) is 0 Å². The van der Waals surface area contributed by atoms with Crippen LogP contribution >= 0.6 is 23.4 Å². The zero-order chi connectivity index (χ0) is 24.6. The molecule has 2 heterocycles. The van der Waals surface area contributed by atoms with Crippen molar-refractivity contribution < 1.29 is 9.59 Å². The van der Waals surface area contributed by atoms with E-state index in [-0.39, 0.29) is 23.7 Å². The molecule has 4 aromatic carbocycles. The van der Waals surface area contributed by atoms with Gasteiger partial charge in [0.05, 0.1) is 16.8 Å². The van der Waals surface area contributed by atoms with Crippen LogP contribution < -0.4 is 5.43 Å². The summed E-state index contributed by atoms with van der Waals surface area (Å²) in [4.78, 5) is 30.8. The molecule has 0 saturated carbocycles. The maximum atomic E-state index is 13.3. The summed E-state index contributed by atoms with van der Waals surface area (Å²) in [5, 5.41) is 4.02. The van der Waals surface area contributed by atoms with E-state index < -0.39 is 0 Å². The number of fused-ring (bicyclic) bond motifs is 2. The minimum Gasteiger partial charge on any atom is -0.314 e. The summed E-state index contributed by atoms with van der Waals surface area (Å²) in [6.07, 6.45) is 0. The van der Waals surface area contributed by atoms with Crippen molar-refractivity contribution in [3.05, 3.63) is 102 Å². The Hall–Kier alpha value is -3.81. The maximum absolute atomic E-state index is 13.3. The molecule has 1 unspecified atom stereocenters. The van der Waals surface area contributed by atoms with Gasteiger partial charge < -0.3 is 4.57 Å². The molecule has 178 valence electrons. The lowest BCUT2D eigenvalue weighted by atomic mass is 10.1. The summed E-state index contributed by atoms with van der Waals surface area (Å²) in [6.45, 7) is 0.0113. The van der Waals surface area contributed by atoms with Crippen molar-refractivity contribution in [2.75, 3.05) is 5.75 Å². The summed E-state index contributed by atoms with van der Waals surface area (Å²) in [7, 11) is 0. The number of benzene rings is 4. The van der Waals surface area contributed by atoms with Gasteiger partial charge in [0.1, 0.15) is 17.7 Å². The Morgan fingerprint density at radius 3 is 2.56 bits per heavy atom. The SMILES string of the molecule is O=C(Cn1c(-c2ccc(Cl)cc2)nc2ccccc21)NN1C(=O)CSC1c1ccc2ccccc2c1. The number of aromatic nitrogens is 2. The molecule has 1 aromatic heterocycles. The van der Waals surface area contributed by atoms with Gasteiger partial charge >= 0.3 is 0 Å². The van der Waals surface area contributed by atoms with Crippen molar-refractivity contribution >= 4 is 57.0 Å². The van der Waals surface area contributed by atoms with Crippen molar-refractivity contribution in [1.29, 1.82) is 0 Å². The first-order valence-electron chi connectivity index (χ1n) is 11.5. The average molecular weight is 513 g/mol. The largest absolute Gasteiger partial charge is 0.314 e. The van der Waals surface area contributed by atoms with Gasteiger partial charge in [0.25, 0.3) is 11.8 Å². The first kappa shape index (κ1) is 22.6. The molecule has 2 amide bonds. The van der Waals surface area contributed by atoms with Crippen LogP contribution in [0.2, 0.25) is 5.02 Å². The zero-order valence-corrected chi connectivity index (χ0v) is 20.7. The molecule has 1 aliphatic heterocycles. The molecule has 1 atom stereocenters. The molecule has 0 radical (unpaired) electrons. The Kier molecular flexibility index (Phi) is 5.87. The molecule has 5 aromatic rings. The quantitative estimate of drug-likeness (QED) is 0.322. The predicted octanol–water partition coefficient (Wildman–Crippen LogP) is 5.82. The number of imidazole rings is 1. The average Bonchev–Trinajstić information content (AvgIpc) is 3.44. The van der Waals surface area contributed by atoms with E-state index in [2.05, 4.69) is 17.6 Å². The van der Waals surface area contributed by atoms with Crippen LogP contribution in [0.3, 0.4) is 0 Å². The molecule has 0 bridgehead atoms. The Labute approximate surface area is 216 Å². The van der Waals surface area contributed by atoms with E-state index in [4.69, 9.17) is 16.6 Å². The lowest BCUT2D eigenvalue weighted by molar-refractivity contribution is -0.139. The molecule has 1 fully saturated rings. The summed E-state index contributed by atoms with van der Waals surface area (Å²) in [6, 6.07) is 29.3. The number of hydrogen-bond acceptors (Lipinski definition) is 4. The van der Waals surface area contributed by atoms with Gasteiger partial charge in [-0.05, 0) is 58.8 Å². The van der Waals surface area contributed by atoms with Gasteiger partial charge in [-0.25, -0.2) is 9.99 Å². The number of nitrogens with one attached hydrogen (secondary N) is 1. The number of thioether (sulfide) groups is 1.